The Morgan fingerprint density at radius 1 is 1.44 bits per heavy atom. The number of nitrogens with one attached hydrogen (secondary N) is 2. The summed E-state index contributed by atoms with van der Waals surface area (Å²) in [6, 6.07) is 1.90. The van der Waals surface area contributed by atoms with Crippen LogP contribution < -0.4 is 10.1 Å². The summed E-state index contributed by atoms with van der Waals surface area (Å²) in [7, 11) is 0. The molecule has 8 heteroatoms. The number of rotatable bonds is 5. The first-order valence-electron chi connectivity index (χ1n) is 8.48. The number of anilines is 2. The first kappa shape index (κ1) is 15.9. The quantitative estimate of drug-likeness (QED) is 0.658. The SMILES string of the molecule is CCOc1nc(Nc2cnn(C3(C)CC(O)C3)c2C)nc2[nH]ccc12. The van der Waals surface area contributed by atoms with E-state index in [2.05, 4.69) is 32.3 Å². The van der Waals surface area contributed by atoms with E-state index in [9.17, 15) is 5.11 Å². The molecule has 1 aliphatic carbocycles. The van der Waals surface area contributed by atoms with E-state index in [4.69, 9.17) is 4.74 Å². The topological polar surface area (TPSA) is 101 Å². The molecular weight excluding hydrogens is 320 g/mol. The number of aromatic nitrogens is 5. The minimum atomic E-state index is -0.239. The first-order valence-corrected chi connectivity index (χ1v) is 8.48. The van der Waals surface area contributed by atoms with Crippen molar-refractivity contribution in [3.63, 3.8) is 0 Å². The molecule has 3 N–H and O–H groups in total. The van der Waals surface area contributed by atoms with E-state index in [0.717, 1.165) is 22.4 Å². The molecule has 1 aliphatic rings. The molecule has 3 aromatic heterocycles. The molecule has 0 aliphatic heterocycles. The van der Waals surface area contributed by atoms with Crippen LogP contribution in [0.2, 0.25) is 0 Å². The molecule has 0 saturated heterocycles. The molecule has 8 nitrogen and oxygen atoms in total. The average molecular weight is 342 g/mol. The van der Waals surface area contributed by atoms with E-state index < -0.39 is 0 Å². The largest absolute Gasteiger partial charge is 0.477 e. The Morgan fingerprint density at radius 2 is 2.24 bits per heavy atom. The normalized spacial score (nSPS) is 22.8. The van der Waals surface area contributed by atoms with Crippen molar-refractivity contribution in [1.29, 1.82) is 0 Å². The molecule has 0 aromatic carbocycles. The Balaban J connectivity index is 1.64. The number of nitrogens with zero attached hydrogens (tertiary/aromatic N) is 4. The van der Waals surface area contributed by atoms with Gasteiger partial charge in [-0.25, -0.2) is 0 Å². The molecule has 3 aromatic rings. The van der Waals surface area contributed by atoms with Crippen molar-refractivity contribution in [3.05, 3.63) is 24.2 Å². The highest BCUT2D eigenvalue weighted by Gasteiger charge is 2.42. The van der Waals surface area contributed by atoms with E-state index >= 15 is 0 Å². The van der Waals surface area contributed by atoms with Crippen molar-refractivity contribution in [1.82, 2.24) is 24.7 Å². The van der Waals surface area contributed by atoms with E-state index in [1.54, 1.807) is 6.20 Å². The molecule has 3 heterocycles. The van der Waals surface area contributed by atoms with Gasteiger partial charge in [0.05, 0.1) is 41.2 Å². The number of aromatic amines is 1. The van der Waals surface area contributed by atoms with Gasteiger partial charge in [0.15, 0.2) is 0 Å². The van der Waals surface area contributed by atoms with Crippen LogP contribution in [0, 0.1) is 6.92 Å². The van der Waals surface area contributed by atoms with Gasteiger partial charge < -0.3 is 20.1 Å². The molecule has 0 bridgehead atoms. The zero-order chi connectivity index (χ0) is 17.6. The van der Waals surface area contributed by atoms with E-state index in [-0.39, 0.29) is 11.6 Å². The third kappa shape index (κ3) is 2.62. The molecule has 1 fully saturated rings. The smallest absolute Gasteiger partial charge is 0.232 e. The van der Waals surface area contributed by atoms with Crippen molar-refractivity contribution in [2.24, 2.45) is 0 Å². The number of hydrogen-bond acceptors (Lipinski definition) is 6. The highest BCUT2D eigenvalue weighted by Crippen LogP contribution is 2.40. The summed E-state index contributed by atoms with van der Waals surface area (Å²) >= 11 is 0. The van der Waals surface area contributed by atoms with Crippen molar-refractivity contribution >= 4 is 22.7 Å². The lowest BCUT2D eigenvalue weighted by atomic mass is 9.76. The molecule has 0 spiro atoms. The second-order valence-corrected chi connectivity index (χ2v) is 6.76. The zero-order valence-corrected chi connectivity index (χ0v) is 14.6. The first-order chi connectivity index (χ1) is 12.0. The predicted octanol–water partition coefficient (Wildman–Crippen LogP) is 2.48. The average Bonchev–Trinajstić information content (AvgIpc) is 3.14. The van der Waals surface area contributed by atoms with Gasteiger partial charge >= 0.3 is 0 Å². The summed E-state index contributed by atoms with van der Waals surface area (Å²) in [5, 5.41) is 18.2. The van der Waals surface area contributed by atoms with Crippen molar-refractivity contribution in [2.75, 3.05) is 11.9 Å². The van der Waals surface area contributed by atoms with Gasteiger partial charge in [0.25, 0.3) is 0 Å². The monoisotopic (exact) mass is 342 g/mol. The Morgan fingerprint density at radius 3 is 2.96 bits per heavy atom. The summed E-state index contributed by atoms with van der Waals surface area (Å²) in [5.74, 6) is 1.01. The summed E-state index contributed by atoms with van der Waals surface area (Å²) in [4.78, 5) is 12.1. The van der Waals surface area contributed by atoms with Crippen molar-refractivity contribution in [2.45, 2.75) is 45.3 Å². The fourth-order valence-electron chi connectivity index (χ4n) is 3.54. The lowest BCUT2D eigenvalue weighted by molar-refractivity contribution is -0.0190. The third-order valence-corrected chi connectivity index (χ3v) is 4.78. The van der Waals surface area contributed by atoms with Crippen LogP contribution in [-0.2, 0) is 5.54 Å². The van der Waals surface area contributed by atoms with Crippen LogP contribution >= 0.6 is 0 Å². The molecule has 0 atom stereocenters. The number of ether oxygens (including phenoxy) is 1. The Kier molecular flexibility index (Phi) is 3.64. The second kappa shape index (κ2) is 5.73. The van der Waals surface area contributed by atoms with Crippen LogP contribution in [0.25, 0.3) is 11.0 Å². The van der Waals surface area contributed by atoms with Crippen LogP contribution in [0.4, 0.5) is 11.6 Å². The maximum Gasteiger partial charge on any atom is 0.232 e. The van der Waals surface area contributed by atoms with E-state index in [1.807, 2.05) is 30.8 Å². The van der Waals surface area contributed by atoms with Gasteiger partial charge in [-0.1, -0.05) is 0 Å². The minimum Gasteiger partial charge on any atom is -0.477 e. The minimum absolute atomic E-state index is 0.135. The van der Waals surface area contributed by atoms with Crippen LogP contribution in [0.1, 0.15) is 32.4 Å². The number of H-pyrrole nitrogens is 1. The van der Waals surface area contributed by atoms with Gasteiger partial charge in [0.1, 0.15) is 5.65 Å². The van der Waals surface area contributed by atoms with Gasteiger partial charge in [0.2, 0.25) is 11.8 Å². The maximum absolute atomic E-state index is 9.64. The summed E-state index contributed by atoms with van der Waals surface area (Å²) < 4.78 is 7.60. The summed E-state index contributed by atoms with van der Waals surface area (Å²) in [5.41, 5.74) is 2.42. The summed E-state index contributed by atoms with van der Waals surface area (Å²) in [6.07, 6.45) is 4.78. The Bertz CT molecular complexity index is 909. The van der Waals surface area contributed by atoms with Gasteiger partial charge in [-0.15, -0.1) is 0 Å². The number of hydrogen-bond donors (Lipinski definition) is 3. The summed E-state index contributed by atoms with van der Waals surface area (Å²) in [6.45, 7) is 6.57. The number of aliphatic hydroxyl groups excluding tert-OH is 1. The van der Waals surface area contributed by atoms with Gasteiger partial charge in [-0.3, -0.25) is 4.68 Å². The molecule has 25 heavy (non-hydrogen) atoms. The highest BCUT2D eigenvalue weighted by molar-refractivity contribution is 5.82. The molecule has 132 valence electrons. The molecule has 1 saturated carbocycles. The molecule has 0 unspecified atom stereocenters. The Labute approximate surface area is 145 Å². The maximum atomic E-state index is 9.64. The van der Waals surface area contributed by atoms with E-state index in [1.165, 1.54) is 0 Å². The van der Waals surface area contributed by atoms with Crippen LogP contribution in [-0.4, -0.2) is 42.5 Å². The fraction of sp³-hybridized carbons (Fsp3) is 0.471. The van der Waals surface area contributed by atoms with Crippen LogP contribution in [0.3, 0.4) is 0 Å². The van der Waals surface area contributed by atoms with Gasteiger partial charge in [-0.2, -0.15) is 15.1 Å². The molecule has 4 rings (SSSR count). The number of fused-ring (bicyclic) bond motifs is 1. The Hall–Kier alpha value is -2.61. The third-order valence-electron chi connectivity index (χ3n) is 4.78. The van der Waals surface area contributed by atoms with Gasteiger partial charge in [-0.05, 0) is 39.7 Å². The lowest BCUT2D eigenvalue weighted by Crippen LogP contribution is -2.47. The zero-order valence-electron chi connectivity index (χ0n) is 14.6. The predicted molar refractivity (Wildman–Crippen MR) is 94.2 cm³/mol. The van der Waals surface area contributed by atoms with Crippen molar-refractivity contribution < 1.29 is 9.84 Å². The van der Waals surface area contributed by atoms with Crippen LogP contribution in [0.15, 0.2) is 18.5 Å². The van der Waals surface area contributed by atoms with Crippen LogP contribution in [0.5, 0.6) is 5.88 Å². The van der Waals surface area contributed by atoms with Gasteiger partial charge in [0, 0.05) is 6.20 Å². The van der Waals surface area contributed by atoms with Crippen molar-refractivity contribution in [3.8, 4) is 5.88 Å². The fourth-order valence-corrected chi connectivity index (χ4v) is 3.54. The lowest BCUT2D eigenvalue weighted by Gasteiger charge is -2.43. The molecular formula is C17H22N6O2. The molecule has 0 radical (unpaired) electrons. The molecule has 0 amide bonds. The second-order valence-electron chi connectivity index (χ2n) is 6.76. The number of aliphatic hydroxyl groups is 1. The standard InChI is InChI=1S/C17H22N6O2/c1-4-25-15-12-5-6-18-14(12)21-16(22-15)20-13-9-19-23(10(13)2)17(3)7-11(24)8-17/h5-6,9,11,24H,4,7-8H2,1-3H3,(H2,18,20,21,22). The highest BCUT2D eigenvalue weighted by atomic mass is 16.5. The van der Waals surface area contributed by atoms with E-state index in [0.29, 0.717) is 31.3 Å².